The van der Waals surface area contributed by atoms with Gasteiger partial charge < -0.3 is 15.1 Å². The Hall–Kier alpha value is -2.08. The van der Waals surface area contributed by atoms with Gasteiger partial charge in [0.05, 0.1) is 7.05 Å². The van der Waals surface area contributed by atoms with E-state index in [1.165, 1.54) is 24.8 Å². The summed E-state index contributed by atoms with van der Waals surface area (Å²) < 4.78 is 0. The van der Waals surface area contributed by atoms with Crippen LogP contribution in [0.15, 0.2) is 24.3 Å². The molecule has 164 valence electrons. The number of nitrogens with one attached hydrogen (secondary N) is 3. The lowest BCUT2D eigenvalue weighted by Gasteiger charge is -2.56. The van der Waals surface area contributed by atoms with Crippen molar-refractivity contribution in [2.75, 3.05) is 26.0 Å². The van der Waals surface area contributed by atoms with Gasteiger partial charge in [0.1, 0.15) is 6.54 Å². The van der Waals surface area contributed by atoms with Gasteiger partial charge in [-0.1, -0.05) is 12.1 Å². The number of urea groups is 1. The van der Waals surface area contributed by atoms with Gasteiger partial charge in [-0.2, -0.15) is 0 Å². The molecule has 0 heterocycles. The van der Waals surface area contributed by atoms with E-state index in [4.69, 9.17) is 0 Å². The summed E-state index contributed by atoms with van der Waals surface area (Å²) in [5, 5.41) is 5.86. The first kappa shape index (κ1) is 21.2. The molecule has 1 aromatic rings. The van der Waals surface area contributed by atoms with Crippen LogP contribution in [0.3, 0.4) is 0 Å². The molecule has 0 saturated heterocycles. The first-order valence-electron chi connectivity index (χ1n) is 11.4. The first-order chi connectivity index (χ1) is 14.2. The standard InChI is InChI=1S/C24H36N4O2/c1-16(28(4)15-17-5-7-21(8-6-17)27(2)3)22(29)25-23(30)26-24-12-18-9-19(13-24)11-20(10-18)14-24/h5-8,16,18-20H,9-15H2,1-4H3,(H2,25,26,29,30)/p+1/t16-,18?,19?,20?,24?/m1/s1. The Morgan fingerprint density at radius 3 is 2.10 bits per heavy atom. The normalized spacial score (nSPS) is 31.1. The molecule has 3 N–H and O–H groups in total. The molecule has 4 bridgehead atoms. The topological polar surface area (TPSA) is 65.9 Å². The maximum Gasteiger partial charge on any atom is 0.322 e. The van der Waals surface area contributed by atoms with Crippen LogP contribution in [0, 0.1) is 17.8 Å². The van der Waals surface area contributed by atoms with Crippen molar-refractivity contribution in [2.24, 2.45) is 17.8 Å². The zero-order valence-corrected chi connectivity index (χ0v) is 18.8. The van der Waals surface area contributed by atoms with Crippen molar-refractivity contribution < 1.29 is 14.5 Å². The molecule has 0 spiro atoms. The van der Waals surface area contributed by atoms with E-state index in [-0.39, 0.29) is 23.5 Å². The molecule has 4 aliphatic carbocycles. The molecule has 3 amide bonds. The molecule has 4 saturated carbocycles. The van der Waals surface area contributed by atoms with Gasteiger partial charge >= 0.3 is 6.03 Å². The van der Waals surface area contributed by atoms with E-state index in [0.29, 0.717) is 0 Å². The lowest BCUT2D eigenvalue weighted by molar-refractivity contribution is -0.908. The average Bonchev–Trinajstić information content (AvgIpc) is 2.66. The maximum absolute atomic E-state index is 12.7. The summed E-state index contributed by atoms with van der Waals surface area (Å²) in [5.74, 6) is 2.08. The largest absolute Gasteiger partial charge is 0.378 e. The molecule has 0 aromatic heterocycles. The van der Waals surface area contributed by atoms with Gasteiger partial charge in [-0.3, -0.25) is 10.1 Å². The van der Waals surface area contributed by atoms with E-state index >= 15 is 0 Å². The minimum absolute atomic E-state index is 0.0741. The lowest BCUT2D eigenvalue weighted by Crippen LogP contribution is -3.12. The van der Waals surface area contributed by atoms with Crippen molar-refractivity contribution >= 4 is 17.6 Å². The number of hydrogen-bond acceptors (Lipinski definition) is 3. The molecule has 2 atom stereocenters. The van der Waals surface area contributed by atoms with Gasteiger partial charge in [-0.05, 0) is 75.3 Å². The quantitative estimate of drug-likeness (QED) is 0.668. The van der Waals surface area contributed by atoms with Crippen molar-refractivity contribution in [2.45, 2.75) is 63.6 Å². The van der Waals surface area contributed by atoms with Crippen molar-refractivity contribution in [3.05, 3.63) is 29.8 Å². The van der Waals surface area contributed by atoms with Crippen LogP contribution in [0.2, 0.25) is 0 Å². The molecule has 1 unspecified atom stereocenters. The number of benzene rings is 1. The fraction of sp³-hybridized carbons (Fsp3) is 0.667. The Kier molecular flexibility index (Phi) is 5.80. The molecule has 4 aliphatic rings. The van der Waals surface area contributed by atoms with Gasteiger partial charge in [0.25, 0.3) is 5.91 Å². The third-order valence-corrected chi connectivity index (χ3v) is 7.72. The number of quaternary nitrogens is 1. The summed E-state index contributed by atoms with van der Waals surface area (Å²) in [6.45, 7) is 2.62. The lowest BCUT2D eigenvalue weighted by atomic mass is 9.53. The zero-order chi connectivity index (χ0) is 21.5. The minimum Gasteiger partial charge on any atom is -0.378 e. The smallest absolute Gasteiger partial charge is 0.322 e. The highest BCUT2D eigenvalue weighted by molar-refractivity contribution is 5.96. The zero-order valence-electron chi connectivity index (χ0n) is 18.8. The van der Waals surface area contributed by atoms with E-state index < -0.39 is 0 Å². The highest BCUT2D eigenvalue weighted by atomic mass is 16.2. The van der Waals surface area contributed by atoms with Crippen LogP contribution in [-0.4, -0.2) is 44.7 Å². The summed E-state index contributed by atoms with van der Waals surface area (Å²) in [6.07, 6.45) is 7.27. The fourth-order valence-electron chi connectivity index (χ4n) is 6.37. The summed E-state index contributed by atoms with van der Waals surface area (Å²) in [7, 11) is 6.04. The van der Waals surface area contributed by atoms with Gasteiger partial charge in [0.15, 0.2) is 6.04 Å². The highest BCUT2D eigenvalue weighted by Crippen LogP contribution is 2.55. The third kappa shape index (κ3) is 4.48. The summed E-state index contributed by atoms with van der Waals surface area (Å²) in [6, 6.07) is 7.77. The van der Waals surface area contributed by atoms with Crippen molar-refractivity contribution in [1.82, 2.24) is 10.6 Å². The van der Waals surface area contributed by atoms with Crippen LogP contribution in [0.5, 0.6) is 0 Å². The molecule has 1 aromatic carbocycles. The Morgan fingerprint density at radius 1 is 1.07 bits per heavy atom. The van der Waals surface area contributed by atoms with Crippen LogP contribution < -0.4 is 20.4 Å². The molecule has 0 aliphatic heterocycles. The highest BCUT2D eigenvalue weighted by Gasteiger charge is 2.51. The Bertz CT molecular complexity index is 754. The maximum atomic E-state index is 12.7. The van der Waals surface area contributed by atoms with Crippen LogP contribution in [0.25, 0.3) is 0 Å². The van der Waals surface area contributed by atoms with E-state index in [1.807, 2.05) is 28.1 Å². The third-order valence-electron chi connectivity index (χ3n) is 7.72. The van der Waals surface area contributed by atoms with Gasteiger partial charge in [0.2, 0.25) is 0 Å². The number of rotatable bonds is 6. The van der Waals surface area contributed by atoms with E-state index in [2.05, 4.69) is 39.8 Å². The number of carbonyl (C=O) groups is 2. The van der Waals surface area contributed by atoms with Gasteiger partial charge in [-0.15, -0.1) is 0 Å². The second-order valence-corrected chi connectivity index (χ2v) is 10.4. The monoisotopic (exact) mass is 413 g/mol. The average molecular weight is 414 g/mol. The van der Waals surface area contributed by atoms with Crippen LogP contribution >= 0.6 is 0 Å². The molecule has 6 heteroatoms. The minimum atomic E-state index is -0.308. The fourth-order valence-corrected chi connectivity index (χ4v) is 6.37. The van der Waals surface area contributed by atoms with Crippen LogP contribution in [-0.2, 0) is 11.3 Å². The Balaban J connectivity index is 1.29. The van der Waals surface area contributed by atoms with E-state index in [0.717, 1.165) is 54.1 Å². The van der Waals surface area contributed by atoms with Crippen molar-refractivity contribution in [3.63, 3.8) is 0 Å². The number of imide groups is 1. The van der Waals surface area contributed by atoms with Gasteiger partial charge in [0, 0.05) is 30.9 Å². The molecule has 0 radical (unpaired) electrons. The molecular formula is C24H37N4O2+. The van der Waals surface area contributed by atoms with Crippen LogP contribution in [0.4, 0.5) is 10.5 Å². The predicted molar refractivity (Wildman–Crippen MR) is 118 cm³/mol. The van der Waals surface area contributed by atoms with Gasteiger partial charge in [-0.25, -0.2) is 4.79 Å². The summed E-state index contributed by atoms with van der Waals surface area (Å²) in [5.41, 5.74) is 2.26. The molecule has 5 rings (SSSR count). The summed E-state index contributed by atoms with van der Waals surface area (Å²) in [4.78, 5) is 28.5. The molecular weight excluding hydrogens is 376 g/mol. The Labute approximate surface area is 180 Å². The number of hydrogen-bond donors (Lipinski definition) is 3. The van der Waals surface area contributed by atoms with E-state index in [1.54, 1.807) is 0 Å². The SMILES string of the molecule is C[C@H](C(=O)NC(=O)NC12CC3CC(CC(C3)C1)C2)[NH+](C)Cc1ccc(N(C)C)cc1. The number of carbonyl (C=O) groups excluding carboxylic acids is 2. The first-order valence-corrected chi connectivity index (χ1v) is 11.4. The molecule has 4 fully saturated rings. The van der Waals surface area contributed by atoms with E-state index in [9.17, 15) is 9.59 Å². The number of likely N-dealkylation sites (N-methyl/N-ethyl adjacent to an activating group) is 1. The van der Waals surface area contributed by atoms with Crippen molar-refractivity contribution in [3.8, 4) is 0 Å². The number of amides is 3. The predicted octanol–water partition coefficient (Wildman–Crippen LogP) is 1.95. The second kappa shape index (κ2) is 8.22. The molecule has 30 heavy (non-hydrogen) atoms. The second-order valence-electron chi connectivity index (χ2n) is 10.4. The molecule has 6 nitrogen and oxygen atoms in total. The number of nitrogens with zero attached hydrogens (tertiary/aromatic N) is 1. The van der Waals surface area contributed by atoms with Crippen molar-refractivity contribution in [1.29, 1.82) is 0 Å². The number of anilines is 1. The summed E-state index contributed by atoms with van der Waals surface area (Å²) >= 11 is 0. The van der Waals surface area contributed by atoms with Crippen LogP contribution in [0.1, 0.15) is 51.0 Å². The Morgan fingerprint density at radius 2 is 1.60 bits per heavy atom.